The van der Waals surface area contributed by atoms with Crippen LogP contribution in [0.5, 0.6) is 0 Å². The Hall–Kier alpha value is -2.42. The number of nitrogens with one attached hydrogen (secondary N) is 1. The molecule has 1 saturated heterocycles. The van der Waals surface area contributed by atoms with Crippen molar-refractivity contribution in [1.82, 2.24) is 14.8 Å². The second-order valence-corrected chi connectivity index (χ2v) is 5.82. The monoisotopic (exact) mass is 354 g/mol. The molecule has 1 unspecified atom stereocenters. The molecule has 0 aliphatic carbocycles. The van der Waals surface area contributed by atoms with Crippen LogP contribution in [0.1, 0.15) is 35.3 Å². The first-order valence-corrected chi connectivity index (χ1v) is 7.90. The Labute approximate surface area is 142 Å². The average molecular weight is 354 g/mol. The van der Waals surface area contributed by atoms with E-state index in [9.17, 15) is 18.0 Å². The molecule has 0 radical (unpaired) electrons. The standard InChI is InChI=1S/C16H17F3N4O2/c17-16(18,19)14-5-4-11(7-20-14)15(24)22-12-8-21-23(9-12)10-13-3-1-2-6-25-13/h4-5,7-9,13H,1-3,6,10H2,(H,22,24). The van der Waals surface area contributed by atoms with Crippen LogP contribution in [0.15, 0.2) is 30.7 Å². The quantitative estimate of drug-likeness (QED) is 0.916. The Morgan fingerprint density at radius 3 is 2.80 bits per heavy atom. The van der Waals surface area contributed by atoms with Crippen LogP contribution in [0, 0.1) is 0 Å². The smallest absolute Gasteiger partial charge is 0.376 e. The molecule has 3 rings (SSSR count). The van der Waals surface area contributed by atoms with Crippen molar-refractivity contribution in [3.63, 3.8) is 0 Å². The highest BCUT2D eigenvalue weighted by molar-refractivity contribution is 6.03. The normalized spacial score (nSPS) is 18.1. The van der Waals surface area contributed by atoms with Gasteiger partial charge >= 0.3 is 6.18 Å². The fourth-order valence-electron chi connectivity index (χ4n) is 2.59. The van der Waals surface area contributed by atoms with Crippen molar-refractivity contribution < 1.29 is 22.7 Å². The van der Waals surface area contributed by atoms with Gasteiger partial charge in [-0.05, 0) is 31.4 Å². The average Bonchev–Trinajstić information content (AvgIpc) is 3.02. The summed E-state index contributed by atoms with van der Waals surface area (Å²) in [5.41, 5.74) is -0.540. The molecule has 0 spiro atoms. The Bertz CT molecular complexity index is 722. The summed E-state index contributed by atoms with van der Waals surface area (Å²) in [6.07, 6.45) is 2.78. The molecule has 2 aromatic rings. The molecule has 1 fully saturated rings. The topological polar surface area (TPSA) is 69.0 Å². The summed E-state index contributed by atoms with van der Waals surface area (Å²) in [6, 6.07) is 1.87. The second kappa shape index (κ2) is 7.22. The Morgan fingerprint density at radius 1 is 1.32 bits per heavy atom. The van der Waals surface area contributed by atoms with Crippen LogP contribution >= 0.6 is 0 Å². The third-order valence-electron chi connectivity index (χ3n) is 3.87. The van der Waals surface area contributed by atoms with Crippen LogP contribution in [0.3, 0.4) is 0 Å². The predicted octanol–water partition coefficient (Wildman–Crippen LogP) is 3.12. The zero-order valence-corrected chi connectivity index (χ0v) is 13.3. The molecule has 0 aromatic carbocycles. The fourth-order valence-corrected chi connectivity index (χ4v) is 2.59. The summed E-state index contributed by atoms with van der Waals surface area (Å²) in [4.78, 5) is 15.4. The number of ether oxygens (including phenoxy) is 1. The molecule has 1 N–H and O–H groups in total. The van der Waals surface area contributed by atoms with Gasteiger partial charge in [-0.2, -0.15) is 18.3 Å². The Balaban J connectivity index is 1.59. The van der Waals surface area contributed by atoms with Gasteiger partial charge in [0.1, 0.15) is 5.69 Å². The maximum atomic E-state index is 12.5. The molecule has 134 valence electrons. The predicted molar refractivity (Wildman–Crippen MR) is 83.0 cm³/mol. The number of alkyl halides is 3. The van der Waals surface area contributed by atoms with Gasteiger partial charge in [-0.1, -0.05) is 0 Å². The summed E-state index contributed by atoms with van der Waals surface area (Å²) in [7, 11) is 0. The van der Waals surface area contributed by atoms with Crippen LogP contribution in [0.4, 0.5) is 18.9 Å². The van der Waals surface area contributed by atoms with Gasteiger partial charge in [0, 0.05) is 19.0 Å². The lowest BCUT2D eigenvalue weighted by molar-refractivity contribution is -0.141. The lowest BCUT2D eigenvalue weighted by Gasteiger charge is -2.22. The molecule has 1 atom stereocenters. The van der Waals surface area contributed by atoms with E-state index in [1.165, 1.54) is 6.20 Å². The number of aromatic nitrogens is 3. The third-order valence-corrected chi connectivity index (χ3v) is 3.87. The van der Waals surface area contributed by atoms with Gasteiger partial charge in [0.15, 0.2) is 0 Å². The highest BCUT2D eigenvalue weighted by Gasteiger charge is 2.32. The molecule has 0 saturated carbocycles. The highest BCUT2D eigenvalue weighted by Crippen LogP contribution is 2.27. The van der Waals surface area contributed by atoms with E-state index in [0.29, 0.717) is 12.2 Å². The fraction of sp³-hybridized carbons (Fsp3) is 0.438. The molecule has 1 aliphatic heterocycles. The van der Waals surface area contributed by atoms with E-state index in [1.54, 1.807) is 10.9 Å². The number of hydrogen-bond donors (Lipinski definition) is 1. The number of pyridine rings is 1. The van der Waals surface area contributed by atoms with E-state index in [-0.39, 0.29) is 11.7 Å². The van der Waals surface area contributed by atoms with Crippen molar-refractivity contribution in [1.29, 1.82) is 0 Å². The Kier molecular flexibility index (Phi) is 5.03. The maximum absolute atomic E-state index is 12.5. The van der Waals surface area contributed by atoms with Crippen molar-refractivity contribution in [2.24, 2.45) is 0 Å². The minimum absolute atomic E-state index is 0.0383. The van der Waals surface area contributed by atoms with Crippen molar-refractivity contribution in [2.75, 3.05) is 11.9 Å². The first-order valence-electron chi connectivity index (χ1n) is 7.90. The minimum atomic E-state index is -4.53. The number of carbonyl (C=O) groups is 1. The second-order valence-electron chi connectivity index (χ2n) is 5.82. The van der Waals surface area contributed by atoms with Gasteiger partial charge < -0.3 is 10.1 Å². The van der Waals surface area contributed by atoms with Crippen LogP contribution in [-0.4, -0.2) is 33.4 Å². The molecular weight excluding hydrogens is 337 g/mol. The van der Waals surface area contributed by atoms with Gasteiger partial charge in [-0.15, -0.1) is 0 Å². The first kappa shape index (κ1) is 17.4. The largest absolute Gasteiger partial charge is 0.433 e. The SMILES string of the molecule is O=C(Nc1cnn(CC2CCCCO2)c1)c1ccc(C(F)(F)F)nc1. The number of amides is 1. The number of nitrogens with zero attached hydrogens (tertiary/aromatic N) is 3. The van der Waals surface area contributed by atoms with Crippen molar-refractivity contribution >= 4 is 11.6 Å². The van der Waals surface area contributed by atoms with E-state index >= 15 is 0 Å². The molecule has 1 amide bonds. The molecule has 3 heterocycles. The summed E-state index contributed by atoms with van der Waals surface area (Å²) < 4.78 is 44.7. The van der Waals surface area contributed by atoms with Gasteiger partial charge in [-0.25, -0.2) is 0 Å². The summed E-state index contributed by atoms with van der Waals surface area (Å²) in [5.74, 6) is -0.547. The van der Waals surface area contributed by atoms with Crippen molar-refractivity contribution in [3.05, 3.63) is 42.0 Å². The van der Waals surface area contributed by atoms with E-state index in [4.69, 9.17) is 4.74 Å². The molecule has 1 aliphatic rings. The van der Waals surface area contributed by atoms with Gasteiger partial charge in [0.25, 0.3) is 5.91 Å². The zero-order valence-electron chi connectivity index (χ0n) is 13.3. The van der Waals surface area contributed by atoms with Crippen LogP contribution in [0.2, 0.25) is 0 Å². The molecular formula is C16H17F3N4O2. The molecule has 25 heavy (non-hydrogen) atoms. The summed E-state index contributed by atoms with van der Waals surface area (Å²) in [6.45, 7) is 1.34. The number of hydrogen-bond acceptors (Lipinski definition) is 4. The van der Waals surface area contributed by atoms with E-state index in [1.807, 2.05) is 0 Å². The Morgan fingerprint density at radius 2 is 2.16 bits per heavy atom. The van der Waals surface area contributed by atoms with E-state index < -0.39 is 17.8 Å². The van der Waals surface area contributed by atoms with Crippen LogP contribution < -0.4 is 5.32 Å². The van der Waals surface area contributed by atoms with Gasteiger partial charge in [-0.3, -0.25) is 14.5 Å². The van der Waals surface area contributed by atoms with Crippen molar-refractivity contribution in [2.45, 2.75) is 38.1 Å². The molecule has 6 nitrogen and oxygen atoms in total. The first-order chi connectivity index (χ1) is 11.9. The van der Waals surface area contributed by atoms with Crippen LogP contribution in [0.25, 0.3) is 0 Å². The molecule has 0 bridgehead atoms. The number of carbonyl (C=O) groups excluding carboxylic acids is 1. The van der Waals surface area contributed by atoms with Gasteiger partial charge in [0.05, 0.1) is 30.1 Å². The number of halogens is 3. The highest BCUT2D eigenvalue weighted by atomic mass is 19.4. The zero-order chi connectivity index (χ0) is 17.9. The number of rotatable bonds is 4. The van der Waals surface area contributed by atoms with E-state index in [0.717, 1.165) is 44.2 Å². The lowest BCUT2D eigenvalue weighted by Crippen LogP contribution is -2.24. The number of anilines is 1. The summed E-state index contributed by atoms with van der Waals surface area (Å²) >= 11 is 0. The third kappa shape index (κ3) is 4.56. The summed E-state index contributed by atoms with van der Waals surface area (Å²) in [5, 5.41) is 6.75. The van der Waals surface area contributed by atoms with Gasteiger partial charge in [0.2, 0.25) is 0 Å². The minimum Gasteiger partial charge on any atom is -0.376 e. The van der Waals surface area contributed by atoms with E-state index in [2.05, 4.69) is 15.4 Å². The van der Waals surface area contributed by atoms with Crippen LogP contribution in [-0.2, 0) is 17.5 Å². The molecule has 9 heteroatoms. The molecule has 2 aromatic heterocycles. The lowest BCUT2D eigenvalue weighted by atomic mass is 10.1. The maximum Gasteiger partial charge on any atom is 0.433 e. The van der Waals surface area contributed by atoms with Crippen molar-refractivity contribution in [3.8, 4) is 0 Å².